The summed E-state index contributed by atoms with van der Waals surface area (Å²) in [6, 6.07) is 8.78. The summed E-state index contributed by atoms with van der Waals surface area (Å²) in [7, 11) is 0. The number of benzene rings is 1. The van der Waals surface area contributed by atoms with Gasteiger partial charge in [-0.25, -0.2) is 0 Å². The second kappa shape index (κ2) is 9.80. The van der Waals surface area contributed by atoms with Crippen LogP contribution < -0.4 is 4.90 Å². The number of piperazine rings is 1. The van der Waals surface area contributed by atoms with Crippen LogP contribution in [-0.4, -0.2) is 43.4 Å². The van der Waals surface area contributed by atoms with Crippen LogP contribution in [0.5, 0.6) is 0 Å². The molecule has 1 heterocycles. The first kappa shape index (κ1) is 21.2. The number of Topliss-reactive ketones (excluding diaryl/α,β-unsaturated/α-hetero) is 1. The molecule has 1 aliphatic heterocycles. The number of hydrogen-bond donors (Lipinski definition) is 1. The van der Waals surface area contributed by atoms with Gasteiger partial charge in [0.25, 0.3) is 0 Å². The van der Waals surface area contributed by atoms with Crippen molar-refractivity contribution in [3.63, 3.8) is 0 Å². The molecule has 152 valence electrons. The van der Waals surface area contributed by atoms with Crippen LogP contribution in [0.15, 0.2) is 45.9 Å². The quantitative estimate of drug-likeness (QED) is 0.528. The third kappa shape index (κ3) is 5.30. The number of allylic oxidation sites excluding steroid dienone is 4. The lowest BCUT2D eigenvalue weighted by molar-refractivity contribution is -0.115. The predicted octanol–water partition coefficient (Wildman–Crippen LogP) is 5.17. The number of carbonyl (C=O) groups excluding carboxylic acids is 1. The molecular formula is C24H34N2OS. The van der Waals surface area contributed by atoms with Crippen LogP contribution in [0.4, 0.5) is 5.69 Å². The van der Waals surface area contributed by atoms with E-state index in [0.717, 1.165) is 61.6 Å². The zero-order valence-corrected chi connectivity index (χ0v) is 18.5. The Morgan fingerprint density at radius 3 is 2.25 bits per heavy atom. The first-order valence-electron chi connectivity index (χ1n) is 10.6. The Morgan fingerprint density at radius 2 is 1.64 bits per heavy atom. The van der Waals surface area contributed by atoms with E-state index in [1.165, 1.54) is 29.7 Å². The summed E-state index contributed by atoms with van der Waals surface area (Å²) in [5, 5.41) is 0. The first-order valence-corrected chi connectivity index (χ1v) is 11.1. The number of ketones is 1. The normalized spacial score (nSPS) is 18.4. The van der Waals surface area contributed by atoms with Gasteiger partial charge in [0.15, 0.2) is 5.78 Å². The molecule has 1 aromatic rings. The summed E-state index contributed by atoms with van der Waals surface area (Å²) in [6.07, 6.45) is 4.99. The topological polar surface area (TPSA) is 23.6 Å². The van der Waals surface area contributed by atoms with E-state index in [0.29, 0.717) is 12.2 Å². The van der Waals surface area contributed by atoms with E-state index >= 15 is 0 Å². The molecule has 4 heteroatoms. The van der Waals surface area contributed by atoms with E-state index < -0.39 is 0 Å². The van der Waals surface area contributed by atoms with Gasteiger partial charge >= 0.3 is 0 Å². The molecule has 28 heavy (non-hydrogen) atoms. The molecule has 0 atom stereocenters. The summed E-state index contributed by atoms with van der Waals surface area (Å²) in [5.74, 6) is 0.296. The highest BCUT2D eigenvalue weighted by Crippen LogP contribution is 2.34. The van der Waals surface area contributed by atoms with Crippen LogP contribution in [0.1, 0.15) is 51.5 Å². The number of rotatable bonds is 6. The average Bonchev–Trinajstić information content (AvgIpc) is 2.69. The second-order valence-electron chi connectivity index (χ2n) is 8.34. The molecular weight excluding hydrogens is 364 g/mol. The summed E-state index contributed by atoms with van der Waals surface area (Å²) < 4.78 is 0. The van der Waals surface area contributed by atoms with Gasteiger partial charge in [0.2, 0.25) is 0 Å². The lowest BCUT2D eigenvalue weighted by atomic mass is 9.87. The maximum Gasteiger partial charge on any atom is 0.164 e. The third-order valence-electron chi connectivity index (χ3n) is 5.95. The van der Waals surface area contributed by atoms with Crippen LogP contribution in [0.25, 0.3) is 0 Å². The van der Waals surface area contributed by atoms with Gasteiger partial charge < -0.3 is 4.90 Å². The molecule has 0 amide bonds. The van der Waals surface area contributed by atoms with Gasteiger partial charge in [0.05, 0.1) is 0 Å². The zero-order valence-electron chi connectivity index (χ0n) is 17.6. The smallest absolute Gasteiger partial charge is 0.164 e. The maximum atomic E-state index is 13.0. The van der Waals surface area contributed by atoms with E-state index in [2.05, 4.69) is 67.5 Å². The van der Waals surface area contributed by atoms with Crippen molar-refractivity contribution in [2.24, 2.45) is 0 Å². The minimum atomic E-state index is 0.296. The number of hydrogen-bond acceptors (Lipinski definition) is 4. The minimum absolute atomic E-state index is 0.296. The van der Waals surface area contributed by atoms with E-state index in [4.69, 9.17) is 0 Å². The van der Waals surface area contributed by atoms with Crippen molar-refractivity contribution in [3.05, 3.63) is 51.5 Å². The highest BCUT2D eigenvalue weighted by Gasteiger charge is 2.23. The average molecular weight is 399 g/mol. The Labute approximate surface area is 175 Å². The van der Waals surface area contributed by atoms with Gasteiger partial charge in [-0.1, -0.05) is 23.3 Å². The van der Waals surface area contributed by atoms with Gasteiger partial charge in [-0.3, -0.25) is 9.69 Å². The molecule has 1 aliphatic carbocycles. The molecule has 1 fully saturated rings. The van der Waals surface area contributed by atoms with Crippen molar-refractivity contribution in [2.75, 3.05) is 37.6 Å². The van der Waals surface area contributed by atoms with Gasteiger partial charge in [0, 0.05) is 50.4 Å². The van der Waals surface area contributed by atoms with Crippen LogP contribution >= 0.6 is 12.6 Å². The molecule has 3 nitrogen and oxygen atoms in total. The molecule has 3 rings (SSSR count). The summed E-state index contributed by atoms with van der Waals surface area (Å²) >= 11 is 4.68. The van der Waals surface area contributed by atoms with Gasteiger partial charge in [-0.2, -0.15) is 0 Å². The summed E-state index contributed by atoms with van der Waals surface area (Å²) in [4.78, 5) is 19.0. The second-order valence-corrected chi connectivity index (χ2v) is 8.88. The van der Waals surface area contributed by atoms with Crippen LogP contribution in [-0.2, 0) is 4.79 Å². The first-order chi connectivity index (χ1) is 13.5. The molecule has 0 N–H and O–H groups in total. The highest BCUT2D eigenvalue weighted by molar-refractivity contribution is 7.84. The van der Waals surface area contributed by atoms with Crippen LogP contribution in [0.3, 0.4) is 0 Å². The Bertz CT molecular complexity index is 751. The lowest BCUT2D eigenvalue weighted by Crippen LogP contribution is -2.47. The number of carbonyl (C=O) groups is 1. The van der Waals surface area contributed by atoms with Crippen LogP contribution in [0.2, 0.25) is 0 Å². The van der Waals surface area contributed by atoms with E-state index in [9.17, 15) is 4.79 Å². The Balaban J connectivity index is 1.53. The Morgan fingerprint density at radius 1 is 1.00 bits per heavy atom. The Hall–Kier alpha value is -1.52. The van der Waals surface area contributed by atoms with Crippen LogP contribution in [0, 0.1) is 6.92 Å². The van der Waals surface area contributed by atoms with Crippen molar-refractivity contribution >= 4 is 24.1 Å². The summed E-state index contributed by atoms with van der Waals surface area (Å²) in [5.41, 5.74) is 5.91. The molecule has 2 aliphatic rings. The number of anilines is 1. The SMILES string of the molecule is CC(C)=C(C(=O)CCN1CCN(c2ccc(C)cc2)CC1)C1=C(S)CCCC1. The van der Waals surface area contributed by atoms with Crippen molar-refractivity contribution in [3.8, 4) is 0 Å². The van der Waals surface area contributed by atoms with Gasteiger partial charge in [-0.05, 0) is 69.1 Å². The third-order valence-corrected chi connectivity index (χ3v) is 6.44. The standard InChI is InChI=1S/C24H34N2OS/c1-18(2)24(21-6-4-5-7-23(21)28)22(27)12-13-25-14-16-26(17-15-25)20-10-8-19(3)9-11-20/h8-11,28H,4-7,12-17H2,1-3H3. The fourth-order valence-corrected chi connectivity index (χ4v) is 4.66. The fraction of sp³-hybridized carbons (Fsp3) is 0.542. The number of aryl methyl sites for hydroxylation is 1. The van der Waals surface area contributed by atoms with Crippen molar-refractivity contribution in [1.29, 1.82) is 0 Å². The van der Waals surface area contributed by atoms with Crippen molar-refractivity contribution < 1.29 is 4.79 Å². The van der Waals surface area contributed by atoms with Gasteiger partial charge in [-0.15, -0.1) is 12.6 Å². The number of thiol groups is 1. The molecule has 0 bridgehead atoms. The molecule has 0 radical (unpaired) electrons. The molecule has 1 saturated heterocycles. The highest BCUT2D eigenvalue weighted by atomic mass is 32.1. The van der Waals surface area contributed by atoms with E-state index in [1.807, 2.05) is 0 Å². The largest absolute Gasteiger partial charge is 0.369 e. The van der Waals surface area contributed by atoms with Crippen molar-refractivity contribution in [2.45, 2.75) is 52.9 Å². The predicted molar refractivity (Wildman–Crippen MR) is 122 cm³/mol. The molecule has 0 saturated carbocycles. The van der Waals surface area contributed by atoms with E-state index in [1.54, 1.807) is 0 Å². The molecule has 1 aromatic carbocycles. The fourth-order valence-electron chi connectivity index (χ4n) is 4.28. The Kier molecular flexibility index (Phi) is 7.42. The minimum Gasteiger partial charge on any atom is -0.369 e. The monoisotopic (exact) mass is 398 g/mol. The molecule has 0 spiro atoms. The maximum absolute atomic E-state index is 13.0. The van der Waals surface area contributed by atoms with E-state index in [-0.39, 0.29) is 0 Å². The number of nitrogens with zero attached hydrogens (tertiary/aromatic N) is 2. The van der Waals surface area contributed by atoms with Crippen molar-refractivity contribution in [1.82, 2.24) is 4.90 Å². The summed E-state index contributed by atoms with van der Waals surface area (Å²) in [6.45, 7) is 11.2. The molecule has 0 aromatic heterocycles. The van der Waals surface area contributed by atoms with Gasteiger partial charge in [0.1, 0.15) is 0 Å². The molecule has 0 unspecified atom stereocenters. The zero-order chi connectivity index (χ0) is 20.1. The lowest BCUT2D eigenvalue weighted by Gasteiger charge is -2.36.